The molecule has 0 bridgehead atoms. The summed E-state index contributed by atoms with van der Waals surface area (Å²) in [6.45, 7) is 2.79. The zero-order valence-electron chi connectivity index (χ0n) is 13.4. The highest BCUT2D eigenvalue weighted by atomic mass is 16.5. The fraction of sp³-hybridized carbons (Fsp3) is 0.429. The average molecular weight is 325 g/mol. The largest absolute Gasteiger partial charge is 0.485 e. The molecular formula is C14H19N3O6. The number of likely N-dealkylation sites (N-methyl/N-ethyl adjacent to an activating group) is 1. The molecule has 0 saturated carbocycles. The van der Waals surface area contributed by atoms with Gasteiger partial charge in [0.15, 0.2) is 5.90 Å². The molecule has 1 N–H and O–H groups in total. The fourth-order valence-corrected chi connectivity index (χ4v) is 1.40. The molecule has 9 nitrogen and oxygen atoms in total. The summed E-state index contributed by atoms with van der Waals surface area (Å²) < 4.78 is 4.33. The minimum atomic E-state index is -0.479. The maximum absolute atomic E-state index is 10.7. The molecule has 2 aliphatic heterocycles. The number of methoxy groups -OCH3 is 1. The van der Waals surface area contributed by atoms with Crippen LogP contribution in [0.2, 0.25) is 0 Å². The van der Waals surface area contributed by atoms with Crippen LogP contribution in [0.1, 0.15) is 26.7 Å². The van der Waals surface area contributed by atoms with Crippen LogP contribution in [0, 0.1) is 5.41 Å². The third-order valence-corrected chi connectivity index (χ3v) is 2.70. The van der Waals surface area contributed by atoms with E-state index in [4.69, 9.17) is 5.41 Å². The summed E-state index contributed by atoms with van der Waals surface area (Å²) >= 11 is 0. The van der Waals surface area contributed by atoms with Crippen molar-refractivity contribution >= 4 is 35.4 Å². The fourth-order valence-electron chi connectivity index (χ4n) is 1.40. The van der Waals surface area contributed by atoms with Gasteiger partial charge in [0.05, 0.1) is 7.11 Å². The second-order valence-electron chi connectivity index (χ2n) is 4.47. The van der Waals surface area contributed by atoms with Gasteiger partial charge in [-0.3, -0.25) is 34.3 Å². The van der Waals surface area contributed by atoms with Crippen LogP contribution in [-0.4, -0.2) is 59.4 Å². The molecule has 23 heavy (non-hydrogen) atoms. The van der Waals surface area contributed by atoms with Crippen molar-refractivity contribution in [3.63, 3.8) is 0 Å². The number of hydrogen-bond donors (Lipinski definition) is 1. The lowest BCUT2D eigenvalue weighted by Crippen LogP contribution is -2.33. The Balaban J connectivity index is 0.000000335. The van der Waals surface area contributed by atoms with Gasteiger partial charge < -0.3 is 4.74 Å². The number of imide groups is 4. The molecule has 0 atom stereocenters. The normalized spacial score (nSPS) is 15.8. The molecule has 0 spiro atoms. The van der Waals surface area contributed by atoms with Gasteiger partial charge in [-0.05, 0) is 0 Å². The lowest BCUT2D eigenvalue weighted by molar-refractivity contribution is -0.148. The van der Waals surface area contributed by atoms with Crippen molar-refractivity contribution in [2.75, 3.05) is 14.2 Å². The number of carbonyl (C=O) groups excluding carboxylic acids is 5. The van der Waals surface area contributed by atoms with Gasteiger partial charge in [0.1, 0.15) is 0 Å². The number of ether oxygens (including phenoxy) is 1. The topological polar surface area (TPSA) is 125 Å². The molecule has 126 valence electrons. The summed E-state index contributed by atoms with van der Waals surface area (Å²) in [5.74, 6) is -1.46. The summed E-state index contributed by atoms with van der Waals surface area (Å²) in [7, 11) is 2.92. The molecular weight excluding hydrogens is 306 g/mol. The van der Waals surface area contributed by atoms with Crippen molar-refractivity contribution in [1.29, 1.82) is 5.41 Å². The third-order valence-electron chi connectivity index (χ3n) is 2.70. The van der Waals surface area contributed by atoms with Crippen molar-refractivity contribution in [3.8, 4) is 0 Å². The van der Waals surface area contributed by atoms with Gasteiger partial charge in [-0.25, -0.2) is 4.90 Å². The van der Waals surface area contributed by atoms with E-state index in [0.717, 1.165) is 4.90 Å². The van der Waals surface area contributed by atoms with E-state index in [1.165, 1.54) is 33.2 Å². The minimum absolute atomic E-state index is 0.179. The van der Waals surface area contributed by atoms with Crippen molar-refractivity contribution in [1.82, 2.24) is 9.80 Å². The van der Waals surface area contributed by atoms with E-state index in [9.17, 15) is 24.0 Å². The lowest BCUT2D eigenvalue weighted by atomic mass is 10.4. The van der Waals surface area contributed by atoms with E-state index >= 15 is 0 Å². The Kier molecular flexibility index (Phi) is 8.09. The number of hydrogen-bond acceptors (Lipinski definition) is 7. The zero-order chi connectivity index (χ0) is 18.2. The van der Waals surface area contributed by atoms with E-state index < -0.39 is 5.91 Å². The second kappa shape index (κ2) is 9.23. The quantitative estimate of drug-likeness (QED) is 0.375. The van der Waals surface area contributed by atoms with Crippen LogP contribution in [0.15, 0.2) is 12.2 Å². The number of nitrogens with zero attached hydrogens (tertiary/aromatic N) is 2. The molecule has 1 fully saturated rings. The first-order valence-electron chi connectivity index (χ1n) is 6.57. The Labute approximate surface area is 133 Å². The molecule has 0 aromatic carbocycles. The third kappa shape index (κ3) is 6.64. The van der Waals surface area contributed by atoms with Gasteiger partial charge in [0.2, 0.25) is 17.7 Å². The molecule has 5 amide bonds. The van der Waals surface area contributed by atoms with E-state index in [2.05, 4.69) is 4.74 Å². The number of rotatable bonds is 0. The van der Waals surface area contributed by atoms with Crippen molar-refractivity contribution < 1.29 is 28.7 Å². The summed E-state index contributed by atoms with van der Waals surface area (Å²) in [5.41, 5.74) is 0. The SMILES string of the molecule is CC(=O)N1C(=O)CCC1=O.CN1C(=O)C=CC1=O.COC(C)=N. The van der Waals surface area contributed by atoms with Gasteiger partial charge in [-0.2, -0.15) is 0 Å². The van der Waals surface area contributed by atoms with Gasteiger partial charge in [-0.15, -0.1) is 0 Å². The summed E-state index contributed by atoms with van der Waals surface area (Å²) in [6.07, 6.45) is 2.86. The first-order valence-corrected chi connectivity index (χ1v) is 6.57. The maximum Gasteiger partial charge on any atom is 0.253 e. The van der Waals surface area contributed by atoms with E-state index in [-0.39, 0.29) is 42.4 Å². The molecule has 0 aromatic heterocycles. The van der Waals surface area contributed by atoms with E-state index in [1.54, 1.807) is 6.92 Å². The highest BCUT2D eigenvalue weighted by Gasteiger charge is 2.31. The Hall–Kier alpha value is -2.84. The van der Waals surface area contributed by atoms with E-state index in [1.807, 2.05) is 0 Å². The van der Waals surface area contributed by atoms with Crippen LogP contribution in [0.3, 0.4) is 0 Å². The van der Waals surface area contributed by atoms with Crippen molar-refractivity contribution in [2.45, 2.75) is 26.7 Å². The highest BCUT2D eigenvalue weighted by molar-refractivity contribution is 6.14. The number of carbonyl (C=O) groups is 5. The smallest absolute Gasteiger partial charge is 0.253 e. The van der Waals surface area contributed by atoms with Crippen LogP contribution >= 0.6 is 0 Å². The Bertz CT molecular complexity index is 533. The number of likely N-dealkylation sites (tertiary alicyclic amines) is 1. The highest BCUT2D eigenvalue weighted by Crippen LogP contribution is 2.10. The van der Waals surface area contributed by atoms with Crippen LogP contribution in [0.25, 0.3) is 0 Å². The standard InChI is InChI=1S/C6H7NO3.C5H5NO2.C3H7NO/c1-4(8)7-5(9)2-3-6(7)10;1-6-4(7)2-3-5(6)8;1-3(4)5-2/h2-3H2,1H3;2-3H,1H3;4H,1-2H3. The summed E-state index contributed by atoms with van der Waals surface area (Å²) in [5, 5.41) is 6.52. The lowest BCUT2D eigenvalue weighted by Gasteiger charge is -2.06. The Morgan fingerprint density at radius 2 is 1.39 bits per heavy atom. The van der Waals surface area contributed by atoms with Crippen molar-refractivity contribution in [2.24, 2.45) is 0 Å². The number of amides is 5. The molecule has 2 aliphatic rings. The predicted molar refractivity (Wildman–Crippen MR) is 79.1 cm³/mol. The first kappa shape index (κ1) is 20.2. The molecule has 1 saturated heterocycles. The van der Waals surface area contributed by atoms with Crippen LogP contribution in [0.4, 0.5) is 0 Å². The van der Waals surface area contributed by atoms with E-state index in [0.29, 0.717) is 4.90 Å². The molecule has 0 aliphatic carbocycles. The van der Waals surface area contributed by atoms with Crippen LogP contribution < -0.4 is 0 Å². The zero-order valence-corrected chi connectivity index (χ0v) is 13.4. The average Bonchev–Trinajstić information content (AvgIpc) is 2.97. The summed E-state index contributed by atoms with van der Waals surface area (Å²) in [6, 6.07) is 0. The molecule has 0 unspecified atom stereocenters. The molecule has 0 aromatic rings. The maximum atomic E-state index is 10.7. The Morgan fingerprint density at radius 3 is 1.52 bits per heavy atom. The van der Waals surface area contributed by atoms with Crippen LogP contribution in [0.5, 0.6) is 0 Å². The summed E-state index contributed by atoms with van der Waals surface area (Å²) in [4.78, 5) is 54.5. The van der Waals surface area contributed by atoms with Crippen molar-refractivity contribution in [3.05, 3.63) is 12.2 Å². The van der Waals surface area contributed by atoms with Crippen LogP contribution in [-0.2, 0) is 28.7 Å². The molecule has 2 heterocycles. The van der Waals surface area contributed by atoms with Gasteiger partial charge in [0.25, 0.3) is 11.8 Å². The predicted octanol–water partition coefficient (Wildman–Crippen LogP) is -0.147. The van der Waals surface area contributed by atoms with Gasteiger partial charge in [0, 0.05) is 45.9 Å². The monoisotopic (exact) mass is 325 g/mol. The Morgan fingerprint density at radius 1 is 1.04 bits per heavy atom. The molecule has 2 rings (SSSR count). The van der Waals surface area contributed by atoms with Gasteiger partial charge >= 0.3 is 0 Å². The minimum Gasteiger partial charge on any atom is -0.485 e. The number of nitrogens with one attached hydrogen (secondary N) is 1. The molecule has 9 heteroatoms. The first-order chi connectivity index (χ1) is 10.6. The second-order valence-corrected chi connectivity index (χ2v) is 4.47. The van der Waals surface area contributed by atoms with Gasteiger partial charge in [-0.1, -0.05) is 0 Å². The molecule has 0 radical (unpaired) electrons.